The number of amides is 1. The van der Waals surface area contributed by atoms with Crippen molar-refractivity contribution in [2.45, 2.75) is 32.7 Å². The number of nitrogens with one attached hydrogen (secondary N) is 1. The molecule has 1 aromatic heterocycles. The molecule has 0 aliphatic carbocycles. The minimum absolute atomic E-state index is 0.0679. The lowest BCUT2D eigenvalue weighted by molar-refractivity contribution is -0.274. The van der Waals surface area contributed by atoms with E-state index in [1.165, 1.54) is 6.07 Å². The van der Waals surface area contributed by atoms with Crippen molar-refractivity contribution in [2.75, 3.05) is 23.3 Å². The molecule has 2 aromatic carbocycles. The molecule has 7 nitrogen and oxygen atoms in total. The average Bonchev–Trinajstić information content (AvgIpc) is 3.21. The zero-order valence-electron chi connectivity index (χ0n) is 19.1. The minimum atomic E-state index is -4.85. The molecule has 1 saturated heterocycles. The monoisotopic (exact) mass is 487 g/mol. The van der Waals surface area contributed by atoms with Crippen LogP contribution in [0.15, 0.2) is 54.7 Å². The second-order valence-corrected chi connectivity index (χ2v) is 7.76. The van der Waals surface area contributed by atoms with Crippen molar-refractivity contribution in [2.24, 2.45) is 0 Å². The van der Waals surface area contributed by atoms with Gasteiger partial charge in [0.15, 0.2) is 5.75 Å². The molecule has 0 bridgehead atoms. The second-order valence-electron chi connectivity index (χ2n) is 7.76. The molecule has 1 unspecified atom stereocenters. The molecule has 35 heavy (non-hydrogen) atoms. The van der Waals surface area contributed by atoms with E-state index in [1.807, 2.05) is 30.9 Å². The number of halogens is 3. The van der Waals surface area contributed by atoms with Gasteiger partial charge in [0.1, 0.15) is 17.3 Å². The molecule has 2 N–H and O–H groups in total. The Hall–Kier alpha value is -3.79. The van der Waals surface area contributed by atoms with E-state index in [0.29, 0.717) is 19.5 Å². The van der Waals surface area contributed by atoms with Crippen LogP contribution in [0.3, 0.4) is 0 Å². The Balaban J connectivity index is 0.00000141. The van der Waals surface area contributed by atoms with Crippen molar-refractivity contribution in [3.63, 3.8) is 0 Å². The van der Waals surface area contributed by atoms with Crippen molar-refractivity contribution in [1.82, 2.24) is 4.98 Å². The fourth-order valence-corrected chi connectivity index (χ4v) is 3.90. The molecule has 0 radical (unpaired) electrons. The number of nitrogens with zero attached hydrogens (tertiary/aromatic N) is 2. The third-order valence-electron chi connectivity index (χ3n) is 5.44. The van der Waals surface area contributed by atoms with Gasteiger partial charge >= 0.3 is 6.36 Å². The molecule has 5 rings (SSSR count). The Labute approximate surface area is 200 Å². The van der Waals surface area contributed by atoms with Crippen LogP contribution in [0.1, 0.15) is 30.6 Å². The second kappa shape index (κ2) is 9.83. The fraction of sp³-hybridized carbons (Fsp3) is 0.280. The van der Waals surface area contributed by atoms with Crippen LogP contribution in [0.4, 0.5) is 24.7 Å². The highest BCUT2D eigenvalue weighted by Crippen LogP contribution is 2.40. The number of hydrogen-bond donors (Lipinski definition) is 2. The predicted molar refractivity (Wildman–Crippen MR) is 125 cm³/mol. The smallest absolute Gasteiger partial charge is 0.454 e. The Morgan fingerprint density at radius 1 is 1.09 bits per heavy atom. The summed E-state index contributed by atoms with van der Waals surface area (Å²) in [5, 5.41) is 12.4. The maximum Gasteiger partial charge on any atom is 0.573 e. The first-order valence-corrected chi connectivity index (χ1v) is 11.2. The first-order valence-electron chi connectivity index (χ1n) is 11.2. The Morgan fingerprint density at radius 3 is 2.54 bits per heavy atom. The lowest BCUT2D eigenvalue weighted by atomic mass is 10.0. The van der Waals surface area contributed by atoms with Gasteiger partial charge in [-0.25, -0.2) is 4.98 Å². The molecule has 1 fully saturated rings. The average molecular weight is 487 g/mol. The maximum atomic E-state index is 12.9. The molecule has 1 atom stereocenters. The van der Waals surface area contributed by atoms with Crippen LogP contribution < -0.4 is 19.7 Å². The van der Waals surface area contributed by atoms with Crippen LogP contribution in [-0.4, -0.2) is 41.6 Å². The zero-order chi connectivity index (χ0) is 25.2. The number of fused-ring (bicyclic) bond motifs is 2. The number of β-amino-alcohol motifs (C(OH)–C–C–N with tert-alkyl or cyclic N) is 1. The van der Waals surface area contributed by atoms with Crippen molar-refractivity contribution in [1.29, 1.82) is 0 Å². The van der Waals surface area contributed by atoms with Crippen LogP contribution in [0, 0.1) is 0 Å². The summed E-state index contributed by atoms with van der Waals surface area (Å²) in [5.41, 5.74) is 1.86. The number of pyridine rings is 1. The number of aromatic nitrogens is 1. The zero-order valence-corrected chi connectivity index (χ0v) is 19.1. The number of benzene rings is 2. The number of rotatable bonds is 3. The number of carbonyl (C=O) groups is 1. The third-order valence-corrected chi connectivity index (χ3v) is 5.44. The van der Waals surface area contributed by atoms with Gasteiger partial charge in [0, 0.05) is 25.4 Å². The van der Waals surface area contributed by atoms with E-state index in [9.17, 15) is 23.1 Å². The van der Waals surface area contributed by atoms with E-state index in [0.717, 1.165) is 29.1 Å². The number of alkyl halides is 3. The first kappa shape index (κ1) is 24.3. The number of aliphatic hydroxyl groups is 1. The predicted octanol–water partition coefficient (Wildman–Crippen LogP) is 5.60. The Bertz CT molecular complexity index is 1230. The van der Waals surface area contributed by atoms with Gasteiger partial charge in [-0.2, -0.15) is 0 Å². The molecule has 3 heterocycles. The van der Waals surface area contributed by atoms with E-state index in [-0.39, 0.29) is 28.9 Å². The van der Waals surface area contributed by atoms with Crippen LogP contribution in [0.2, 0.25) is 0 Å². The topological polar surface area (TPSA) is 83.9 Å². The van der Waals surface area contributed by atoms with E-state index >= 15 is 0 Å². The fourth-order valence-electron chi connectivity index (χ4n) is 3.90. The summed E-state index contributed by atoms with van der Waals surface area (Å²) in [4.78, 5) is 19.2. The van der Waals surface area contributed by atoms with Gasteiger partial charge in [0.05, 0.1) is 17.4 Å². The van der Waals surface area contributed by atoms with Crippen LogP contribution in [-0.2, 0) is 0 Å². The van der Waals surface area contributed by atoms with Crippen molar-refractivity contribution in [3.05, 3.63) is 60.3 Å². The molecule has 10 heteroatoms. The number of carbonyl (C=O) groups excluding carboxylic acids is 1. The minimum Gasteiger partial charge on any atom is -0.454 e. The molecule has 0 spiro atoms. The Kier molecular flexibility index (Phi) is 6.83. The summed E-state index contributed by atoms with van der Waals surface area (Å²) in [6.45, 7) is 5.21. The lowest BCUT2D eigenvalue weighted by Crippen LogP contribution is -2.22. The largest absolute Gasteiger partial charge is 0.573 e. The van der Waals surface area contributed by atoms with Gasteiger partial charge in [-0.1, -0.05) is 19.9 Å². The highest BCUT2D eigenvalue weighted by Gasteiger charge is 2.32. The number of ether oxygens (including phenoxy) is 2. The SMILES string of the molecule is CC.O=C1Nc2cc(OC(F)(F)F)ccc2Oc2ccc(-c3ccnc(N4CCC(O)C4)c3)cc21. The summed E-state index contributed by atoms with van der Waals surface area (Å²) in [5.74, 6) is 0.212. The summed E-state index contributed by atoms with van der Waals surface area (Å²) < 4.78 is 47.3. The summed E-state index contributed by atoms with van der Waals surface area (Å²) in [6, 6.07) is 12.3. The molecule has 184 valence electrons. The molecule has 0 saturated carbocycles. The molecular weight excluding hydrogens is 463 g/mol. The third kappa shape index (κ3) is 5.48. The van der Waals surface area contributed by atoms with Gasteiger partial charge in [-0.3, -0.25) is 4.79 Å². The lowest BCUT2D eigenvalue weighted by Gasteiger charge is -2.17. The van der Waals surface area contributed by atoms with Crippen molar-refractivity contribution >= 4 is 17.4 Å². The number of hydrogen-bond acceptors (Lipinski definition) is 6. The van der Waals surface area contributed by atoms with Gasteiger partial charge in [0.25, 0.3) is 5.91 Å². The van der Waals surface area contributed by atoms with Gasteiger partial charge in [-0.15, -0.1) is 13.2 Å². The van der Waals surface area contributed by atoms with Gasteiger partial charge < -0.3 is 24.8 Å². The molecule has 1 amide bonds. The first-order chi connectivity index (χ1) is 16.7. The normalized spacial score (nSPS) is 16.7. The van der Waals surface area contributed by atoms with Crippen LogP contribution in [0.25, 0.3) is 11.1 Å². The number of aliphatic hydroxyl groups excluding tert-OH is 1. The molecular formula is C25H24F3N3O4. The molecule has 2 aliphatic rings. The van der Waals surface area contributed by atoms with Gasteiger partial charge in [-0.05, 0) is 53.9 Å². The van der Waals surface area contributed by atoms with E-state index in [4.69, 9.17) is 4.74 Å². The number of anilines is 2. The van der Waals surface area contributed by atoms with Crippen LogP contribution in [0.5, 0.6) is 17.2 Å². The quantitative estimate of drug-likeness (QED) is 0.500. The summed E-state index contributed by atoms with van der Waals surface area (Å²) in [6.07, 6.45) is -2.89. The maximum absolute atomic E-state index is 12.9. The molecule has 3 aromatic rings. The summed E-state index contributed by atoms with van der Waals surface area (Å²) in [7, 11) is 0. The van der Waals surface area contributed by atoms with Crippen molar-refractivity contribution in [3.8, 4) is 28.4 Å². The Morgan fingerprint density at radius 2 is 1.83 bits per heavy atom. The molecule has 2 aliphatic heterocycles. The van der Waals surface area contributed by atoms with E-state index in [1.54, 1.807) is 24.4 Å². The van der Waals surface area contributed by atoms with Gasteiger partial charge in [0.2, 0.25) is 0 Å². The standard InChI is InChI=1S/C23H18F3N3O4.C2H6/c24-23(25,26)33-16-2-4-20-18(11-16)28-22(31)17-9-13(1-3-19(17)32-20)14-5-7-27-21(10-14)29-8-6-15(30)12-29;1-2/h1-5,7,9-11,15,30H,6,8,12H2,(H,28,31);1-2H3. The highest BCUT2D eigenvalue weighted by molar-refractivity contribution is 6.08. The van der Waals surface area contributed by atoms with Crippen LogP contribution >= 0.6 is 0 Å². The van der Waals surface area contributed by atoms with E-state index < -0.39 is 18.0 Å². The van der Waals surface area contributed by atoms with E-state index in [2.05, 4.69) is 15.0 Å². The summed E-state index contributed by atoms with van der Waals surface area (Å²) >= 11 is 0. The highest BCUT2D eigenvalue weighted by atomic mass is 19.4. The van der Waals surface area contributed by atoms with Crippen molar-refractivity contribution < 1.29 is 32.5 Å².